The van der Waals surface area contributed by atoms with Crippen LogP contribution in [0.1, 0.15) is 23.4 Å². The SMILES string of the molecule is Cc1cc2nc(C)n(CC/C(N)=N/O)c2cc1C. The Hall–Kier alpha value is -2.04. The standard InChI is InChI=1S/C13H18N4O/c1-8-6-11-12(7-9(8)2)17(10(3)15-11)5-4-13(14)16-18/h6-7,18H,4-5H2,1-3H3,(H2,14,16). The lowest BCUT2D eigenvalue weighted by Crippen LogP contribution is -2.15. The van der Waals surface area contributed by atoms with Gasteiger partial charge in [-0.25, -0.2) is 4.98 Å². The van der Waals surface area contributed by atoms with Crippen molar-refractivity contribution >= 4 is 16.9 Å². The predicted octanol–water partition coefficient (Wildman–Crippen LogP) is 2.10. The molecule has 0 aliphatic heterocycles. The zero-order valence-electron chi connectivity index (χ0n) is 10.9. The smallest absolute Gasteiger partial charge is 0.140 e. The third kappa shape index (κ3) is 2.16. The van der Waals surface area contributed by atoms with Crippen LogP contribution in [0.2, 0.25) is 0 Å². The second kappa shape index (κ2) is 4.68. The van der Waals surface area contributed by atoms with Crippen LogP contribution in [0.25, 0.3) is 11.0 Å². The Labute approximate surface area is 106 Å². The first kappa shape index (κ1) is 12.4. The fraction of sp³-hybridized carbons (Fsp3) is 0.385. The molecule has 2 rings (SSSR count). The summed E-state index contributed by atoms with van der Waals surface area (Å²) in [6, 6.07) is 4.23. The highest BCUT2D eigenvalue weighted by Gasteiger charge is 2.09. The topological polar surface area (TPSA) is 76.4 Å². The van der Waals surface area contributed by atoms with Gasteiger partial charge in [0.05, 0.1) is 11.0 Å². The second-order valence-electron chi connectivity index (χ2n) is 4.58. The molecule has 0 fully saturated rings. The van der Waals surface area contributed by atoms with Gasteiger partial charge in [0.25, 0.3) is 0 Å². The largest absolute Gasteiger partial charge is 0.409 e. The molecule has 0 aliphatic rings. The molecule has 5 nitrogen and oxygen atoms in total. The summed E-state index contributed by atoms with van der Waals surface area (Å²) in [4.78, 5) is 4.54. The number of aryl methyl sites for hydroxylation is 4. The molecule has 0 spiro atoms. The normalized spacial score (nSPS) is 12.3. The van der Waals surface area contributed by atoms with Crippen LogP contribution in [0.4, 0.5) is 0 Å². The van der Waals surface area contributed by atoms with E-state index in [4.69, 9.17) is 10.9 Å². The average Bonchev–Trinajstić information content (AvgIpc) is 2.62. The molecular formula is C13H18N4O. The van der Waals surface area contributed by atoms with E-state index in [0.29, 0.717) is 13.0 Å². The zero-order chi connectivity index (χ0) is 13.3. The molecule has 0 unspecified atom stereocenters. The molecule has 1 aromatic carbocycles. The van der Waals surface area contributed by atoms with Crippen LogP contribution in [-0.4, -0.2) is 20.6 Å². The number of fused-ring (bicyclic) bond motifs is 1. The van der Waals surface area contributed by atoms with Crippen molar-refractivity contribution in [3.8, 4) is 0 Å². The van der Waals surface area contributed by atoms with Gasteiger partial charge >= 0.3 is 0 Å². The van der Waals surface area contributed by atoms with Gasteiger partial charge in [-0.3, -0.25) is 0 Å². The van der Waals surface area contributed by atoms with Crippen molar-refractivity contribution in [1.82, 2.24) is 9.55 Å². The van der Waals surface area contributed by atoms with Gasteiger partial charge in [0.1, 0.15) is 11.7 Å². The van der Waals surface area contributed by atoms with Gasteiger partial charge in [0.15, 0.2) is 0 Å². The molecule has 1 heterocycles. The Morgan fingerprint density at radius 1 is 1.33 bits per heavy atom. The summed E-state index contributed by atoms with van der Waals surface area (Å²) in [6.07, 6.45) is 0.510. The molecule has 5 heteroatoms. The van der Waals surface area contributed by atoms with E-state index in [1.807, 2.05) is 6.92 Å². The average molecular weight is 246 g/mol. The number of imidazole rings is 1. The van der Waals surface area contributed by atoms with Gasteiger partial charge in [-0.1, -0.05) is 5.16 Å². The summed E-state index contributed by atoms with van der Waals surface area (Å²) < 4.78 is 2.10. The summed E-state index contributed by atoms with van der Waals surface area (Å²) in [7, 11) is 0. The third-order valence-corrected chi connectivity index (χ3v) is 3.27. The first-order chi connectivity index (χ1) is 8.52. The fourth-order valence-corrected chi connectivity index (χ4v) is 2.06. The van der Waals surface area contributed by atoms with Crippen molar-refractivity contribution in [2.24, 2.45) is 10.9 Å². The number of nitrogens with zero attached hydrogens (tertiary/aromatic N) is 3. The number of amidine groups is 1. The van der Waals surface area contributed by atoms with Crippen molar-refractivity contribution in [1.29, 1.82) is 0 Å². The lowest BCUT2D eigenvalue weighted by atomic mass is 10.1. The maximum atomic E-state index is 8.56. The van der Waals surface area contributed by atoms with Crippen LogP contribution in [0, 0.1) is 20.8 Å². The van der Waals surface area contributed by atoms with Gasteiger partial charge in [-0.2, -0.15) is 0 Å². The molecule has 0 aliphatic carbocycles. The van der Waals surface area contributed by atoms with Crippen LogP contribution in [0.5, 0.6) is 0 Å². The third-order valence-electron chi connectivity index (χ3n) is 3.27. The van der Waals surface area contributed by atoms with E-state index in [0.717, 1.165) is 16.9 Å². The molecule has 96 valence electrons. The minimum absolute atomic E-state index is 0.236. The quantitative estimate of drug-likeness (QED) is 0.377. The van der Waals surface area contributed by atoms with Crippen molar-refractivity contribution in [2.45, 2.75) is 33.7 Å². The molecule has 0 bridgehead atoms. The summed E-state index contributed by atoms with van der Waals surface area (Å²) in [5, 5.41) is 11.6. The minimum atomic E-state index is 0.236. The van der Waals surface area contributed by atoms with Crippen LogP contribution in [-0.2, 0) is 6.54 Å². The van der Waals surface area contributed by atoms with Crippen molar-refractivity contribution in [3.63, 3.8) is 0 Å². The van der Waals surface area contributed by atoms with E-state index < -0.39 is 0 Å². The highest BCUT2D eigenvalue weighted by molar-refractivity contribution is 5.80. The molecule has 3 N–H and O–H groups in total. The maximum Gasteiger partial charge on any atom is 0.140 e. The molecule has 0 saturated carbocycles. The number of benzene rings is 1. The summed E-state index contributed by atoms with van der Waals surface area (Å²) in [5.74, 6) is 1.18. The monoisotopic (exact) mass is 246 g/mol. The van der Waals surface area contributed by atoms with Crippen LogP contribution in [0.15, 0.2) is 17.3 Å². The van der Waals surface area contributed by atoms with Crippen LogP contribution >= 0.6 is 0 Å². The minimum Gasteiger partial charge on any atom is -0.409 e. The Morgan fingerprint density at radius 2 is 2.00 bits per heavy atom. The predicted molar refractivity (Wildman–Crippen MR) is 72.0 cm³/mol. The van der Waals surface area contributed by atoms with E-state index in [-0.39, 0.29) is 5.84 Å². The lowest BCUT2D eigenvalue weighted by Gasteiger charge is -2.07. The number of hydrogen-bond acceptors (Lipinski definition) is 3. The first-order valence-corrected chi connectivity index (χ1v) is 5.93. The molecular weight excluding hydrogens is 228 g/mol. The summed E-state index contributed by atoms with van der Waals surface area (Å²) in [6.45, 7) is 6.81. The number of hydrogen-bond donors (Lipinski definition) is 2. The highest BCUT2D eigenvalue weighted by Crippen LogP contribution is 2.20. The van der Waals surface area contributed by atoms with Gasteiger partial charge in [0.2, 0.25) is 0 Å². The Morgan fingerprint density at radius 3 is 2.67 bits per heavy atom. The Bertz CT molecular complexity index is 613. The van der Waals surface area contributed by atoms with Gasteiger partial charge in [0, 0.05) is 13.0 Å². The summed E-state index contributed by atoms with van der Waals surface area (Å²) >= 11 is 0. The van der Waals surface area contributed by atoms with Gasteiger partial charge in [-0.05, 0) is 44.0 Å². The van der Waals surface area contributed by atoms with E-state index in [1.165, 1.54) is 11.1 Å². The van der Waals surface area contributed by atoms with E-state index in [2.05, 4.69) is 40.7 Å². The number of rotatable bonds is 3. The molecule has 1 aromatic heterocycles. The fourth-order valence-electron chi connectivity index (χ4n) is 2.06. The van der Waals surface area contributed by atoms with Crippen LogP contribution < -0.4 is 5.73 Å². The van der Waals surface area contributed by atoms with Crippen LogP contribution in [0.3, 0.4) is 0 Å². The van der Waals surface area contributed by atoms with Gasteiger partial charge in [-0.15, -0.1) is 0 Å². The molecule has 0 amide bonds. The molecule has 18 heavy (non-hydrogen) atoms. The number of aromatic nitrogens is 2. The van der Waals surface area contributed by atoms with Crippen molar-refractivity contribution in [2.75, 3.05) is 0 Å². The highest BCUT2D eigenvalue weighted by atomic mass is 16.4. The van der Waals surface area contributed by atoms with Gasteiger partial charge < -0.3 is 15.5 Å². The van der Waals surface area contributed by atoms with E-state index >= 15 is 0 Å². The second-order valence-corrected chi connectivity index (χ2v) is 4.58. The van der Waals surface area contributed by atoms with E-state index in [1.54, 1.807) is 0 Å². The zero-order valence-corrected chi connectivity index (χ0v) is 10.9. The lowest BCUT2D eigenvalue weighted by molar-refractivity contribution is 0.316. The van der Waals surface area contributed by atoms with E-state index in [9.17, 15) is 0 Å². The van der Waals surface area contributed by atoms with Crippen molar-refractivity contribution in [3.05, 3.63) is 29.1 Å². The summed E-state index contributed by atoms with van der Waals surface area (Å²) in [5.41, 5.74) is 10.1. The maximum absolute atomic E-state index is 8.56. The molecule has 0 saturated heterocycles. The molecule has 2 aromatic rings. The molecule has 0 radical (unpaired) electrons. The number of oxime groups is 1. The Kier molecular flexibility index (Phi) is 3.23. The first-order valence-electron chi connectivity index (χ1n) is 5.93. The van der Waals surface area contributed by atoms with Crippen molar-refractivity contribution < 1.29 is 5.21 Å². The Balaban J connectivity index is 2.43. The molecule has 0 atom stereocenters. The number of nitrogens with two attached hydrogens (primary N) is 1.